The zero-order valence-electron chi connectivity index (χ0n) is 6.83. The highest BCUT2D eigenvalue weighted by atomic mass is 19.3. The second kappa shape index (κ2) is 3.80. The lowest BCUT2D eigenvalue weighted by Gasteiger charge is -2.06. The summed E-state index contributed by atoms with van der Waals surface area (Å²) >= 11 is 0. The standard InChI is InChI=1S/C8H9FO3/c1-10-7-4-3-6(12-9)5-8(7)11-2/h3-5H,1-2H3. The molecule has 66 valence electrons. The van der Waals surface area contributed by atoms with E-state index in [1.54, 1.807) is 6.07 Å². The van der Waals surface area contributed by atoms with Gasteiger partial charge in [0.1, 0.15) is 0 Å². The van der Waals surface area contributed by atoms with Crippen molar-refractivity contribution in [2.75, 3.05) is 14.2 Å². The Bertz CT molecular complexity index is 262. The van der Waals surface area contributed by atoms with E-state index < -0.39 is 0 Å². The summed E-state index contributed by atoms with van der Waals surface area (Å²) in [7, 11) is 2.98. The van der Waals surface area contributed by atoms with Crippen LogP contribution in [0.1, 0.15) is 0 Å². The second-order valence-electron chi connectivity index (χ2n) is 2.09. The summed E-state index contributed by atoms with van der Waals surface area (Å²) in [6.45, 7) is 0. The molecule has 0 unspecified atom stereocenters. The molecule has 12 heavy (non-hydrogen) atoms. The molecule has 3 nitrogen and oxygen atoms in total. The van der Waals surface area contributed by atoms with Crippen molar-refractivity contribution in [2.45, 2.75) is 0 Å². The summed E-state index contributed by atoms with van der Waals surface area (Å²) in [6.07, 6.45) is 0. The third-order valence-corrected chi connectivity index (χ3v) is 1.44. The molecule has 0 aromatic heterocycles. The predicted molar refractivity (Wildman–Crippen MR) is 41.3 cm³/mol. The van der Waals surface area contributed by atoms with Crippen molar-refractivity contribution in [1.29, 1.82) is 0 Å². The highest BCUT2D eigenvalue weighted by Crippen LogP contribution is 2.30. The lowest BCUT2D eigenvalue weighted by atomic mass is 10.3. The van der Waals surface area contributed by atoms with Crippen molar-refractivity contribution in [1.82, 2.24) is 0 Å². The molecule has 0 aliphatic carbocycles. The Hall–Kier alpha value is -1.45. The van der Waals surface area contributed by atoms with E-state index in [4.69, 9.17) is 9.47 Å². The summed E-state index contributed by atoms with van der Waals surface area (Å²) < 4.78 is 21.5. The molecule has 0 radical (unpaired) electrons. The molecular weight excluding hydrogens is 163 g/mol. The van der Waals surface area contributed by atoms with Crippen molar-refractivity contribution in [3.63, 3.8) is 0 Å². The zero-order chi connectivity index (χ0) is 8.97. The van der Waals surface area contributed by atoms with Crippen LogP contribution >= 0.6 is 0 Å². The first-order valence-electron chi connectivity index (χ1n) is 3.32. The largest absolute Gasteiger partial charge is 0.493 e. The fourth-order valence-electron chi connectivity index (χ4n) is 0.865. The molecule has 0 aliphatic rings. The zero-order valence-corrected chi connectivity index (χ0v) is 6.83. The van der Waals surface area contributed by atoms with E-state index in [9.17, 15) is 4.53 Å². The Balaban J connectivity index is 3.02. The number of ether oxygens (including phenoxy) is 2. The molecule has 0 N–H and O–H groups in total. The molecule has 0 atom stereocenters. The van der Waals surface area contributed by atoms with Gasteiger partial charge in [-0.2, -0.15) is 0 Å². The van der Waals surface area contributed by atoms with Crippen LogP contribution in [-0.2, 0) is 0 Å². The Morgan fingerprint density at radius 1 is 1.08 bits per heavy atom. The molecule has 1 aromatic carbocycles. The molecule has 1 aromatic rings. The van der Waals surface area contributed by atoms with Crippen molar-refractivity contribution in [3.8, 4) is 17.2 Å². The van der Waals surface area contributed by atoms with Crippen LogP contribution in [0.5, 0.6) is 17.2 Å². The van der Waals surface area contributed by atoms with Gasteiger partial charge < -0.3 is 9.47 Å². The van der Waals surface area contributed by atoms with Crippen LogP contribution in [-0.4, -0.2) is 14.2 Å². The molecule has 1 rings (SSSR count). The number of hydrogen-bond donors (Lipinski definition) is 0. The molecule has 0 heterocycles. The van der Waals surface area contributed by atoms with Crippen LogP contribution in [0, 0.1) is 0 Å². The van der Waals surface area contributed by atoms with Crippen LogP contribution < -0.4 is 14.4 Å². The molecule has 0 spiro atoms. The lowest BCUT2D eigenvalue weighted by Crippen LogP contribution is -1.90. The Labute approximate surface area is 69.6 Å². The van der Waals surface area contributed by atoms with Gasteiger partial charge in [0.05, 0.1) is 14.2 Å². The normalized spacial score (nSPS) is 9.25. The van der Waals surface area contributed by atoms with Crippen molar-refractivity contribution < 1.29 is 18.9 Å². The van der Waals surface area contributed by atoms with E-state index in [1.165, 1.54) is 26.4 Å². The third-order valence-electron chi connectivity index (χ3n) is 1.44. The van der Waals surface area contributed by atoms with Gasteiger partial charge in [-0.05, 0) is 12.1 Å². The Kier molecular flexibility index (Phi) is 2.74. The molecule has 0 amide bonds. The number of methoxy groups -OCH3 is 2. The van der Waals surface area contributed by atoms with Gasteiger partial charge in [0.15, 0.2) is 17.2 Å². The van der Waals surface area contributed by atoms with Crippen molar-refractivity contribution in [2.24, 2.45) is 0 Å². The number of halogens is 1. The molecule has 0 fully saturated rings. The van der Waals surface area contributed by atoms with Crippen LogP contribution in [0.4, 0.5) is 4.53 Å². The highest BCUT2D eigenvalue weighted by Gasteiger charge is 2.04. The van der Waals surface area contributed by atoms with E-state index in [1.807, 2.05) is 0 Å². The van der Waals surface area contributed by atoms with E-state index in [2.05, 4.69) is 4.94 Å². The smallest absolute Gasteiger partial charge is 0.175 e. The number of benzene rings is 1. The minimum absolute atomic E-state index is 0.0904. The van der Waals surface area contributed by atoms with E-state index in [0.717, 1.165) is 0 Å². The van der Waals surface area contributed by atoms with E-state index >= 15 is 0 Å². The molecule has 0 saturated heterocycles. The SMILES string of the molecule is COc1ccc(OF)cc1OC. The maximum atomic E-state index is 11.7. The van der Waals surface area contributed by atoms with Crippen LogP contribution in [0.15, 0.2) is 18.2 Å². The maximum absolute atomic E-state index is 11.7. The van der Waals surface area contributed by atoms with Crippen LogP contribution in [0.25, 0.3) is 0 Å². The third kappa shape index (κ3) is 1.58. The van der Waals surface area contributed by atoms with Crippen molar-refractivity contribution in [3.05, 3.63) is 18.2 Å². The van der Waals surface area contributed by atoms with E-state index in [-0.39, 0.29) is 5.75 Å². The molecule has 0 aliphatic heterocycles. The maximum Gasteiger partial charge on any atom is 0.175 e. The first-order valence-corrected chi connectivity index (χ1v) is 3.32. The summed E-state index contributed by atoms with van der Waals surface area (Å²) in [4.78, 5) is 3.52. The molecule has 0 saturated carbocycles. The molecule has 4 heteroatoms. The second-order valence-corrected chi connectivity index (χ2v) is 2.09. The summed E-state index contributed by atoms with van der Waals surface area (Å²) in [5.74, 6) is 1.07. The van der Waals surface area contributed by atoms with Gasteiger partial charge in [0.2, 0.25) is 0 Å². The Morgan fingerprint density at radius 3 is 2.25 bits per heavy atom. The lowest BCUT2D eigenvalue weighted by molar-refractivity contribution is -0.00648. The average molecular weight is 172 g/mol. The highest BCUT2D eigenvalue weighted by molar-refractivity contribution is 5.45. The first-order chi connectivity index (χ1) is 5.81. The van der Waals surface area contributed by atoms with Gasteiger partial charge >= 0.3 is 0 Å². The summed E-state index contributed by atoms with van der Waals surface area (Å²) in [6, 6.07) is 4.41. The fraction of sp³-hybridized carbons (Fsp3) is 0.250. The van der Waals surface area contributed by atoms with Gasteiger partial charge in [-0.1, -0.05) is 0 Å². The predicted octanol–water partition coefficient (Wildman–Crippen LogP) is 1.97. The topological polar surface area (TPSA) is 27.7 Å². The minimum atomic E-state index is 0.0904. The molecular formula is C8H9FO3. The number of rotatable bonds is 3. The monoisotopic (exact) mass is 172 g/mol. The number of hydrogen-bond acceptors (Lipinski definition) is 3. The van der Waals surface area contributed by atoms with Crippen LogP contribution in [0.2, 0.25) is 0 Å². The van der Waals surface area contributed by atoms with Gasteiger partial charge in [0.25, 0.3) is 0 Å². The summed E-state index contributed by atoms with van der Waals surface area (Å²) in [5, 5.41) is 0. The van der Waals surface area contributed by atoms with Crippen LogP contribution in [0.3, 0.4) is 0 Å². The molecule has 0 bridgehead atoms. The van der Waals surface area contributed by atoms with Crippen molar-refractivity contribution >= 4 is 0 Å². The quantitative estimate of drug-likeness (QED) is 0.697. The fourth-order valence-corrected chi connectivity index (χ4v) is 0.865. The minimum Gasteiger partial charge on any atom is -0.493 e. The summed E-state index contributed by atoms with van der Waals surface area (Å²) in [5.41, 5.74) is 0. The average Bonchev–Trinajstić information content (AvgIpc) is 2.16. The van der Waals surface area contributed by atoms with Gasteiger partial charge in [-0.15, -0.1) is 0 Å². The first kappa shape index (κ1) is 8.64. The Morgan fingerprint density at radius 2 is 1.75 bits per heavy atom. The van der Waals surface area contributed by atoms with E-state index in [0.29, 0.717) is 11.5 Å². The van der Waals surface area contributed by atoms with Gasteiger partial charge in [-0.3, -0.25) is 4.94 Å². The van der Waals surface area contributed by atoms with Gasteiger partial charge in [0, 0.05) is 10.6 Å². The van der Waals surface area contributed by atoms with Gasteiger partial charge in [-0.25, -0.2) is 0 Å².